The molecule has 0 radical (unpaired) electrons. The van der Waals surface area contributed by atoms with Gasteiger partial charge in [0.2, 0.25) is 0 Å². The summed E-state index contributed by atoms with van der Waals surface area (Å²) in [5.41, 5.74) is -0.864. The molecule has 5 nitrogen and oxygen atoms in total. The summed E-state index contributed by atoms with van der Waals surface area (Å²) in [7, 11) is 0. The van der Waals surface area contributed by atoms with Gasteiger partial charge in [-0.25, -0.2) is 14.0 Å². The lowest BCUT2D eigenvalue weighted by Crippen LogP contribution is -2.57. The van der Waals surface area contributed by atoms with Crippen LogP contribution in [0.3, 0.4) is 0 Å². The molecule has 1 aromatic carbocycles. The third-order valence-electron chi connectivity index (χ3n) is 3.18. The summed E-state index contributed by atoms with van der Waals surface area (Å²) in [6, 6.07) is 5.51. The van der Waals surface area contributed by atoms with Crippen LogP contribution in [0.5, 0.6) is 0 Å². The highest BCUT2D eigenvalue weighted by Gasteiger charge is 2.43. The molecular weight excluding hydrogens is 283 g/mol. The SMILES string of the molecule is O=C(NCc1ccccc1F)N[C@]1(C(=O)O)CCSC1. The number of carbonyl (C=O) groups excluding carboxylic acids is 1. The summed E-state index contributed by atoms with van der Waals surface area (Å²) >= 11 is 1.48. The molecule has 1 heterocycles. The van der Waals surface area contributed by atoms with Crippen LogP contribution in [0.1, 0.15) is 12.0 Å². The van der Waals surface area contributed by atoms with Gasteiger partial charge in [0.15, 0.2) is 0 Å². The Morgan fingerprint density at radius 1 is 1.40 bits per heavy atom. The minimum atomic E-state index is -1.22. The van der Waals surface area contributed by atoms with Gasteiger partial charge in [0.1, 0.15) is 11.4 Å². The lowest BCUT2D eigenvalue weighted by Gasteiger charge is -2.24. The third-order valence-corrected chi connectivity index (χ3v) is 4.37. The van der Waals surface area contributed by atoms with Gasteiger partial charge in [-0.15, -0.1) is 0 Å². The van der Waals surface area contributed by atoms with E-state index in [4.69, 9.17) is 0 Å². The standard InChI is InChI=1S/C13H15FN2O3S/c14-10-4-2-1-3-9(10)7-15-12(19)16-13(11(17)18)5-6-20-8-13/h1-4H,5-8H2,(H,17,18)(H2,15,16,19)/t13-/m1/s1. The van der Waals surface area contributed by atoms with Gasteiger partial charge in [0.25, 0.3) is 0 Å². The zero-order valence-electron chi connectivity index (χ0n) is 10.7. The van der Waals surface area contributed by atoms with E-state index in [1.165, 1.54) is 17.8 Å². The summed E-state index contributed by atoms with van der Waals surface area (Å²) in [6.45, 7) is 0.0152. The smallest absolute Gasteiger partial charge is 0.330 e. The fourth-order valence-electron chi connectivity index (χ4n) is 1.96. The Balaban J connectivity index is 1.92. The summed E-state index contributed by atoms with van der Waals surface area (Å²) in [5, 5.41) is 14.2. The minimum Gasteiger partial charge on any atom is -0.479 e. The van der Waals surface area contributed by atoms with Gasteiger partial charge in [-0.1, -0.05) is 18.2 Å². The van der Waals surface area contributed by atoms with Crippen LogP contribution in [0.25, 0.3) is 0 Å². The third kappa shape index (κ3) is 3.22. The number of amides is 2. The average Bonchev–Trinajstić information content (AvgIpc) is 2.88. The van der Waals surface area contributed by atoms with E-state index in [0.29, 0.717) is 23.5 Å². The van der Waals surface area contributed by atoms with Crippen molar-refractivity contribution in [3.8, 4) is 0 Å². The van der Waals surface area contributed by atoms with E-state index >= 15 is 0 Å². The van der Waals surface area contributed by atoms with Gasteiger partial charge in [-0.05, 0) is 18.2 Å². The maximum absolute atomic E-state index is 13.4. The minimum absolute atomic E-state index is 0.0152. The second-order valence-electron chi connectivity index (χ2n) is 4.59. The number of halogens is 1. The number of aliphatic carboxylic acids is 1. The molecule has 108 valence electrons. The van der Waals surface area contributed by atoms with Gasteiger partial charge >= 0.3 is 12.0 Å². The van der Waals surface area contributed by atoms with Crippen LogP contribution in [0.2, 0.25) is 0 Å². The molecule has 1 aromatic rings. The number of rotatable bonds is 4. The molecule has 7 heteroatoms. The number of hydrogen-bond acceptors (Lipinski definition) is 3. The van der Waals surface area contributed by atoms with Crippen LogP contribution in [0, 0.1) is 5.82 Å². The molecule has 2 rings (SSSR count). The Bertz CT molecular complexity index is 518. The number of thioether (sulfide) groups is 1. The van der Waals surface area contributed by atoms with E-state index in [1.807, 2.05) is 0 Å². The Labute approximate surface area is 119 Å². The van der Waals surface area contributed by atoms with Crippen molar-refractivity contribution in [3.63, 3.8) is 0 Å². The fourth-order valence-corrected chi connectivity index (χ4v) is 3.29. The number of benzene rings is 1. The highest BCUT2D eigenvalue weighted by atomic mass is 32.2. The van der Waals surface area contributed by atoms with E-state index in [1.54, 1.807) is 18.2 Å². The molecule has 1 atom stereocenters. The summed E-state index contributed by atoms with van der Waals surface area (Å²) in [4.78, 5) is 23.0. The first kappa shape index (κ1) is 14.6. The Kier molecular flexibility index (Phi) is 4.49. The summed E-state index contributed by atoms with van der Waals surface area (Å²) in [6.07, 6.45) is 0.389. The number of carboxylic acids is 1. The monoisotopic (exact) mass is 298 g/mol. The highest BCUT2D eigenvalue weighted by Crippen LogP contribution is 2.28. The molecule has 1 fully saturated rings. The molecule has 1 aliphatic rings. The van der Waals surface area contributed by atoms with Crippen molar-refractivity contribution < 1.29 is 19.1 Å². The lowest BCUT2D eigenvalue weighted by atomic mass is 10.00. The number of hydrogen-bond donors (Lipinski definition) is 3. The molecule has 2 amide bonds. The normalized spacial score (nSPS) is 21.4. The molecule has 20 heavy (non-hydrogen) atoms. The van der Waals surface area contributed by atoms with Crippen LogP contribution in [0.4, 0.5) is 9.18 Å². The molecule has 0 saturated carbocycles. The topological polar surface area (TPSA) is 78.4 Å². The second-order valence-corrected chi connectivity index (χ2v) is 5.69. The Morgan fingerprint density at radius 2 is 2.15 bits per heavy atom. The molecule has 0 aromatic heterocycles. The number of carboxylic acid groups (broad SMARTS) is 1. The Hall–Kier alpha value is -1.76. The first-order valence-electron chi connectivity index (χ1n) is 6.14. The predicted molar refractivity (Wildman–Crippen MR) is 74.1 cm³/mol. The largest absolute Gasteiger partial charge is 0.479 e. The van der Waals surface area contributed by atoms with Gasteiger partial charge in [0, 0.05) is 17.9 Å². The zero-order chi connectivity index (χ0) is 14.6. The van der Waals surface area contributed by atoms with Crippen LogP contribution >= 0.6 is 11.8 Å². The molecule has 0 unspecified atom stereocenters. The van der Waals surface area contributed by atoms with E-state index in [0.717, 1.165) is 0 Å². The van der Waals surface area contributed by atoms with Crippen molar-refractivity contribution in [1.82, 2.24) is 10.6 Å². The fraction of sp³-hybridized carbons (Fsp3) is 0.385. The zero-order valence-corrected chi connectivity index (χ0v) is 11.5. The van der Waals surface area contributed by atoms with E-state index in [-0.39, 0.29) is 6.54 Å². The van der Waals surface area contributed by atoms with Crippen LogP contribution < -0.4 is 10.6 Å². The quantitative estimate of drug-likeness (QED) is 0.788. The molecule has 0 spiro atoms. The molecule has 1 saturated heterocycles. The molecule has 1 aliphatic heterocycles. The van der Waals surface area contributed by atoms with Crippen LogP contribution in [-0.4, -0.2) is 34.2 Å². The number of nitrogens with one attached hydrogen (secondary N) is 2. The predicted octanol–water partition coefficient (Wildman–Crippen LogP) is 1.59. The first-order chi connectivity index (χ1) is 9.53. The van der Waals surface area contributed by atoms with Crippen molar-refractivity contribution in [2.45, 2.75) is 18.5 Å². The first-order valence-corrected chi connectivity index (χ1v) is 7.29. The van der Waals surface area contributed by atoms with Gasteiger partial charge in [0.05, 0.1) is 0 Å². The number of carbonyl (C=O) groups is 2. The van der Waals surface area contributed by atoms with Crippen molar-refractivity contribution in [2.75, 3.05) is 11.5 Å². The molecule has 0 aliphatic carbocycles. The maximum atomic E-state index is 13.4. The van der Waals surface area contributed by atoms with Crippen molar-refractivity contribution in [2.24, 2.45) is 0 Å². The second kappa shape index (κ2) is 6.13. The van der Waals surface area contributed by atoms with Crippen LogP contribution in [-0.2, 0) is 11.3 Å². The molecule has 0 bridgehead atoms. The average molecular weight is 298 g/mol. The molecular formula is C13H15FN2O3S. The highest BCUT2D eigenvalue weighted by molar-refractivity contribution is 7.99. The van der Waals surface area contributed by atoms with Crippen molar-refractivity contribution in [1.29, 1.82) is 0 Å². The maximum Gasteiger partial charge on any atom is 0.330 e. The van der Waals surface area contributed by atoms with Gasteiger partial charge < -0.3 is 15.7 Å². The van der Waals surface area contributed by atoms with E-state index < -0.39 is 23.4 Å². The van der Waals surface area contributed by atoms with E-state index in [9.17, 15) is 19.1 Å². The van der Waals surface area contributed by atoms with E-state index in [2.05, 4.69) is 10.6 Å². The lowest BCUT2D eigenvalue weighted by molar-refractivity contribution is -0.143. The van der Waals surface area contributed by atoms with Crippen LogP contribution in [0.15, 0.2) is 24.3 Å². The van der Waals surface area contributed by atoms with Gasteiger partial charge in [-0.3, -0.25) is 0 Å². The summed E-state index contributed by atoms with van der Waals surface area (Å²) in [5.74, 6) is -0.407. The molecule has 3 N–H and O–H groups in total. The van der Waals surface area contributed by atoms with Crippen molar-refractivity contribution in [3.05, 3.63) is 35.6 Å². The van der Waals surface area contributed by atoms with Crippen molar-refractivity contribution >= 4 is 23.8 Å². The number of urea groups is 1. The van der Waals surface area contributed by atoms with Gasteiger partial charge in [-0.2, -0.15) is 11.8 Å². The summed E-state index contributed by atoms with van der Waals surface area (Å²) < 4.78 is 13.4. The Morgan fingerprint density at radius 3 is 2.75 bits per heavy atom.